The van der Waals surface area contributed by atoms with E-state index in [9.17, 15) is 4.79 Å². The Bertz CT molecular complexity index is 716. The van der Waals surface area contributed by atoms with Crippen LogP contribution >= 0.6 is 27.3 Å². The lowest BCUT2D eigenvalue weighted by atomic mass is 10.2. The monoisotopic (exact) mass is 409 g/mol. The molecule has 0 bridgehead atoms. The number of hydrogen-bond donors (Lipinski definition) is 1. The number of carbonyl (C=O) groups excluding carboxylic acids is 1. The number of halogens is 1. The van der Waals surface area contributed by atoms with Crippen molar-refractivity contribution in [3.05, 3.63) is 39.3 Å². The predicted octanol–water partition coefficient (Wildman–Crippen LogP) is 4.69. The second-order valence-corrected chi connectivity index (χ2v) is 7.02. The number of ether oxygens (including phenoxy) is 1. The first-order valence-electron chi connectivity index (χ1n) is 7.86. The second kappa shape index (κ2) is 9.54. The van der Waals surface area contributed by atoms with Crippen LogP contribution in [0.15, 0.2) is 28.7 Å². The summed E-state index contributed by atoms with van der Waals surface area (Å²) in [5.41, 5.74) is 0.835. The number of nitrogens with one attached hydrogen (secondary N) is 1. The molecule has 128 valence electrons. The molecule has 0 radical (unpaired) electrons. The van der Waals surface area contributed by atoms with Crippen molar-refractivity contribution in [2.45, 2.75) is 33.1 Å². The van der Waals surface area contributed by atoms with Gasteiger partial charge in [-0.05, 0) is 37.6 Å². The maximum Gasteiger partial charge on any atom is 0.250 e. The molecule has 1 aromatic carbocycles. The van der Waals surface area contributed by atoms with Gasteiger partial charge in [0.05, 0.1) is 6.61 Å². The summed E-state index contributed by atoms with van der Waals surface area (Å²) in [4.78, 5) is 12.1. The third kappa shape index (κ3) is 5.72. The number of aromatic nitrogens is 2. The minimum atomic E-state index is -0.240. The lowest BCUT2D eigenvalue weighted by molar-refractivity contribution is -0.111. The molecule has 0 spiro atoms. The minimum absolute atomic E-state index is 0.240. The number of benzene rings is 1. The van der Waals surface area contributed by atoms with Crippen LogP contribution in [0.5, 0.6) is 5.75 Å². The van der Waals surface area contributed by atoms with Gasteiger partial charge in [-0.25, -0.2) is 0 Å². The summed E-state index contributed by atoms with van der Waals surface area (Å²) in [5, 5.41) is 12.3. The van der Waals surface area contributed by atoms with Gasteiger partial charge in [-0.1, -0.05) is 40.6 Å². The van der Waals surface area contributed by atoms with Crippen LogP contribution in [-0.4, -0.2) is 22.7 Å². The van der Waals surface area contributed by atoms with Crippen molar-refractivity contribution in [2.75, 3.05) is 11.9 Å². The van der Waals surface area contributed by atoms with Gasteiger partial charge in [0.25, 0.3) is 0 Å². The van der Waals surface area contributed by atoms with Crippen molar-refractivity contribution < 1.29 is 9.53 Å². The van der Waals surface area contributed by atoms with E-state index in [2.05, 4.69) is 38.4 Å². The van der Waals surface area contributed by atoms with Crippen LogP contribution < -0.4 is 10.1 Å². The first-order chi connectivity index (χ1) is 11.6. The van der Waals surface area contributed by atoms with Crippen LogP contribution in [0, 0.1) is 0 Å². The van der Waals surface area contributed by atoms with Gasteiger partial charge in [0, 0.05) is 22.5 Å². The van der Waals surface area contributed by atoms with Crippen LogP contribution in [0.3, 0.4) is 0 Å². The SMILES string of the molecule is CCCCc1nnc(NC(=O)C=Cc2cc(Br)ccc2OCC)s1. The van der Waals surface area contributed by atoms with E-state index in [0.717, 1.165) is 40.1 Å². The molecule has 0 unspecified atom stereocenters. The summed E-state index contributed by atoms with van der Waals surface area (Å²) in [6, 6.07) is 5.68. The highest BCUT2D eigenvalue weighted by Crippen LogP contribution is 2.24. The largest absolute Gasteiger partial charge is 0.493 e. The molecule has 1 N–H and O–H groups in total. The fourth-order valence-corrected chi connectivity index (χ4v) is 3.15. The van der Waals surface area contributed by atoms with Crippen molar-refractivity contribution in [3.63, 3.8) is 0 Å². The smallest absolute Gasteiger partial charge is 0.250 e. The van der Waals surface area contributed by atoms with Crippen molar-refractivity contribution >= 4 is 44.4 Å². The molecule has 2 rings (SSSR count). The molecule has 7 heteroatoms. The van der Waals surface area contributed by atoms with E-state index in [1.165, 1.54) is 17.4 Å². The molecule has 1 amide bonds. The number of nitrogens with zero attached hydrogens (tertiary/aromatic N) is 2. The van der Waals surface area contributed by atoms with Crippen LogP contribution in [0.1, 0.15) is 37.3 Å². The quantitative estimate of drug-likeness (QED) is 0.641. The highest BCUT2D eigenvalue weighted by molar-refractivity contribution is 9.10. The van der Waals surface area contributed by atoms with Crippen molar-refractivity contribution in [2.24, 2.45) is 0 Å². The Kier molecular flexibility index (Phi) is 7.39. The average molecular weight is 410 g/mol. The Morgan fingerprint density at radius 2 is 2.21 bits per heavy atom. The van der Waals surface area contributed by atoms with Gasteiger partial charge in [-0.2, -0.15) is 0 Å². The molecule has 24 heavy (non-hydrogen) atoms. The van der Waals surface area contributed by atoms with Crippen LogP contribution in [0.2, 0.25) is 0 Å². The standard InChI is InChI=1S/C17H20BrN3O2S/c1-3-5-6-16-20-21-17(24-16)19-15(22)10-7-12-11-13(18)8-9-14(12)23-4-2/h7-11H,3-6H2,1-2H3,(H,19,21,22). The average Bonchev–Trinajstić information content (AvgIpc) is 3.00. The van der Waals surface area contributed by atoms with E-state index in [1.54, 1.807) is 6.08 Å². The van der Waals surface area contributed by atoms with Crippen LogP contribution in [-0.2, 0) is 11.2 Å². The summed E-state index contributed by atoms with van der Waals surface area (Å²) in [6.45, 7) is 4.63. The highest BCUT2D eigenvalue weighted by atomic mass is 79.9. The van der Waals surface area contributed by atoms with Crippen LogP contribution in [0.4, 0.5) is 5.13 Å². The van der Waals surface area contributed by atoms with Crippen molar-refractivity contribution in [1.82, 2.24) is 10.2 Å². The number of amides is 1. The Hall–Kier alpha value is -1.73. The minimum Gasteiger partial charge on any atom is -0.493 e. The van der Waals surface area contributed by atoms with Gasteiger partial charge in [-0.15, -0.1) is 10.2 Å². The van der Waals surface area contributed by atoms with Crippen molar-refractivity contribution in [3.8, 4) is 5.75 Å². The summed E-state index contributed by atoms with van der Waals surface area (Å²) in [5.74, 6) is 0.498. The Labute approximate surface area is 154 Å². The molecule has 5 nitrogen and oxygen atoms in total. The van der Waals surface area contributed by atoms with Crippen LogP contribution in [0.25, 0.3) is 6.08 Å². The van der Waals surface area contributed by atoms with E-state index < -0.39 is 0 Å². The lowest BCUT2D eigenvalue weighted by Gasteiger charge is -2.07. The molecule has 0 atom stereocenters. The van der Waals surface area contributed by atoms with Crippen molar-refractivity contribution in [1.29, 1.82) is 0 Å². The fourth-order valence-electron chi connectivity index (χ4n) is 1.98. The summed E-state index contributed by atoms with van der Waals surface area (Å²) in [7, 11) is 0. The number of hydrogen-bond acceptors (Lipinski definition) is 5. The molecule has 0 aliphatic heterocycles. The van der Waals surface area contributed by atoms with Gasteiger partial charge in [-0.3, -0.25) is 10.1 Å². The Morgan fingerprint density at radius 1 is 1.38 bits per heavy atom. The van der Waals surface area contributed by atoms with Gasteiger partial charge in [0.2, 0.25) is 11.0 Å². The second-order valence-electron chi connectivity index (χ2n) is 5.04. The zero-order valence-electron chi connectivity index (χ0n) is 13.7. The molecule has 0 saturated carbocycles. The maximum atomic E-state index is 12.1. The number of carbonyl (C=O) groups is 1. The molecule has 0 fully saturated rings. The zero-order chi connectivity index (χ0) is 17.4. The van der Waals surface area contributed by atoms with E-state index in [4.69, 9.17) is 4.74 Å². The number of aryl methyl sites for hydroxylation is 1. The summed E-state index contributed by atoms with van der Waals surface area (Å²) in [6.07, 6.45) is 6.28. The molecule has 1 heterocycles. The molecule has 2 aromatic rings. The summed E-state index contributed by atoms with van der Waals surface area (Å²) < 4.78 is 6.49. The van der Waals surface area contributed by atoms with E-state index in [1.807, 2.05) is 25.1 Å². The Morgan fingerprint density at radius 3 is 2.96 bits per heavy atom. The molecular formula is C17H20BrN3O2S. The van der Waals surface area contributed by atoms with Gasteiger partial charge in [0.1, 0.15) is 10.8 Å². The molecule has 0 aliphatic rings. The Balaban J connectivity index is 2.00. The molecule has 0 saturated heterocycles. The number of rotatable bonds is 8. The third-order valence-corrected chi connectivity index (χ3v) is 4.52. The molecular weight excluding hydrogens is 390 g/mol. The molecule has 0 aliphatic carbocycles. The first kappa shape index (κ1) is 18.6. The van der Waals surface area contributed by atoms with E-state index >= 15 is 0 Å². The topological polar surface area (TPSA) is 64.1 Å². The van der Waals surface area contributed by atoms with Gasteiger partial charge in [0.15, 0.2) is 0 Å². The fraction of sp³-hybridized carbons (Fsp3) is 0.353. The van der Waals surface area contributed by atoms with E-state index in [0.29, 0.717) is 11.7 Å². The summed E-state index contributed by atoms with van der Waals surface area (Å²) >= 11 is 4.84. The highest BCUT2D eigenvalue weighted by Gasteiger charge is 2.07. The zero-order valence-corrected chi connectivity index (χ0v) is 16.1. The maximum absolute atomic E-state index is 12.1. The van der Waals surface area contributed by atoms with Gasteiger partial charge >= 0.3 is 0 Å². The first-order valence-corrected chi connectivity index (χ1v) is 9.47. The normalized spacial score (nSPS) is 11.0. The lowest BCUT2D eigenvalue weighted by Crippen LogP contribution is -2.07. The number of unbranched alkanes of at least 4 members (excludes halogenated alkanes) is 1. The van der Waals surface area contributed by atoms with Gasteiger partial charge < -0.3 is 4.74 Å². The van der Waals surface area contributed by atoms with E-state index in [-0.39, 0.29) is 5.91 Å². The predicted molar refractivity (Wildman–Crippen MR) is 101 cm³/mol. The molecule has 1 aromatic heterocycles. The third-order valence-electron chi connectivity index (χ3n) is 3.13. The number of anilines is 1.